The lowest BCUT2D eigenvalue weighted by Gasteiger charge is -2.18. The van der Waals surface area contributed by atoms with Crippen LogP contribution in [0.1, 0.15) is 41.2 Å². The molecule has 3 N–H and O–H groups in total. The van der Waals surface area contributed by atoms with Crippen molar-refractivity contribution in [1.29, 1.82) is 0 Å². The lowest BCUT2D eigenvalue weighted by molar-refractivity contribution is -0.110. The first kappa shape index (κ1) is 24.7. The van der Waals surface area contributed by atoms with Crippen LogP contribution in [0.3, 0.4) is 0 Å². The molecule has 35 heavy (non-hydrogen) atoms. The second-order valence-corrected chi connectivity index (χ2v) is 8.84. The van der Waals surface area contributed by atoms with E-state index in [2.05, 4.69) is 34.4 Å². The highest BCUT2D eigenvalue weighted by Gasteiger charge is 2.27. The number of amides is 2. The van der Waals surface area contributed by atoms with E-state index in [0.29, 0.717) is 50.9 Å². The fourth-order valence-corrected chi connectivity index (χ4v) is 4.49. The molecule has 8 heteroatoms. The number of aromatic amines is 1. The number of carbonyl (C=O) groups is 2. The molecule has 0 spiro atoms. The zero-order valence-electron chi connectivity index (χ0n) is 20.0. The number of nitrogens with zero attached hydrogens (tertiary/aromatic N) is 1. The number of likely N-dealkylation sites (N-methyl/N-ethyl adjacent to an activating group) is 1. The molecule has 1 aliphatic rings. The quantitative estimate of drug-likeness (QED) is 0.369. The average molecular weight is 495 g/mol. The Morgan fingerprint density at radius 2 is 1.86 bits per heavy atom. The number of aryl methyl sites for hydroxylation is 1. The van der Waals surface area contributed by atoms with Gasteiger partial charge in [-0.1, -0.05) is 37.6 Å². The Hall–Kier alpha value is -3.42. The molecule has 0 saturated heterocycles. The van der Waals surface area contributed by atoms with E-state index in [1.807, 2.05) is 19.1 Å². The Labute approximate surface area is 209 Å². The standard InChI is InChI=1S/C27H28ClFN4O2/c1-4-33(5-2)13-12-30-27(35)24-16(3)31-23(25(24)17-6-8-18(28)9-7-17)15-21-20-14-19(29)10-11-22(20)32-26(21)34/h6-11,14-15,31H,4-5,12-13H2,1-3H3,(H,30,35)(H,32,34). The average Bonchev–Trinajstić information content (AvgIpc) is 3.33. The summed E-state index contributed by atoms with van der Waals surface area (Å²) in [6, 6.07) is 11.4. The van der Waals surface area contributed by atoms with Crippen LogP contribution < -0.4 is 10.6 Å². The minimum Gasteiger partial charge on any atom is -0.358 e. The molecule has 0 aliphatic carbocycles. The maximum absolute atomic E-state index is 13.9. The summed E-state index contributed by atoms with van der Waals surface area (Å²) < 4.78 is 13.9. The number of halogens is 2. The van der Waals surface area contributed by atoms with Crippen molar-refractivity contribution in [2.24, 2.45) is 0 Å². The number of hydrogen-bond acceptors (Lipinski definition) is 3. The summed E-state index contributed by atoms with van der Waals surface area (Å²) >= 11 is 6.11. The molecule has 0 saturated carbocycles. The van der Waals surface area contributed by atoms with Crippen LogP contribution in [-0.2, 0) is 4.79 Å². The third kappa shape index (κ3) is 5.16. The number of benzene rings is 2. The molecule has 1 aliphatic heterocycles. The van der Waals surface area contributed by atoms with Crippen molar-refractivity contribution in [3.8, 4) is 11.1 Å². The Morgan fingerprint density at radius 1 is 1.14 bits per heavy atom. The van der Waals surface area contributed by atoms with Gasteiger partial charge in [0.2, 0.25) is 0 Å². The summed E-state index contributed by atoms with van der Waals surface area (Å²) in [7, 11) is 0. The van der Waals surface area contributed by atoms with Crippen LogP contribution in [-0.4, -0.2) is 47.9 Å². The highest BCUT2D eigenvalue weighted by Crippen LogP contribution is 2.37. The van der Waals surface area contributed by atoms with Gasteiger partial charge in [0.15, 0.2) is 0 Å². The smallest absolute Gasteiger partial charge is 0.256 e. The molecule has 0 fully saturated rings. The molecule has 2 aromatic carbocycles. The summed E-state index contributed by atoms with van der Waals surface area (Å²) in [5.74, 6) is -0.965. The van der Waals surface area contributed by atoms with Gasteiger partial charge in [-0.3, -0.25) is 9.59 Å². The Bertz CT molecular complexity index is 1290. The van der Waals surface area contributed by atoms with E-state index in [4.69, 9.17) is 11.6 Å². The Balaban J connectivity index is 1.77. The summed E-state index contributed by atoms with van der Waals surface area (Å²) in [5.41, 5.74) is 4.53. The number of rotatable bonds is 8. The van der Waals surface area contributed by atoms with Crippen molar-refractivity contribution in [3.63, 3.8) is 0 Å². The van der Waals surface area contributed by atoms with Crippen LogP contribution in [0, 0.1) is 12.7 Å². The van der Waals surface area contributed by atoms with Crippen molar-refractivity contribution >= 4 is 40.8 Å². The molecule has 4 rings (SSSR count). The van der Waals surface area contributed by atoms with E-state index in [1.54, 1.807) is 18.2 Å². The number of anilines is 1. The van der Waals surface area contributed by atoms with Crippen LogP contribution in [0.4, 0.5) is 10.1 Å². The monoisotopic (exact) mass is 494 g/mol. The van der Waals surface area contributed by atoms with Crippen molar-refractivity contribution in [1.82, 2.24) is 15.2 Å². The van der Waals surface area contributed by atoms with E-state index in [9.17, 15) is 14.0 Å². The number of hydrogen-bond donors (Lipinski definition) is 3. The molecule has 1 aromatic heterocycles. The maximum Gasteiger partial charge on any atom is 0.256 e. The second-order valence-electron chi connectivity index (χ2n) is 8.41. The topological polar surface area (TPSA) is 77.2 Å². The zero-order valence-corrected chi connectivity index (χ0v) is 20.7. The zero-order chi connectivity index (χ0) is 25.1. The van der Waals surface area contributed by atoms with Gasteiger partial charge in [0.1, 0.15) is 5.82 Å². The summed E-state index contributed by atoms with van der Waals surface area (Å²) in [5, 5.41) is 6.36. The highest BCUT2D eigenvalue weighted by atomic mass is 35.5. The van der Waals surface area contributed by atoms with Crippen LogP contribution in [0.15, 0.2) is 42.5 Å². The van der Waals surface area contributed by atoms with Crippen LogP contribution >= 0.6 is 11.6 Å². The third-order valence-electron chi connectivity index (χ3n) is 6.24. The van der Waals surface area contributed by atoms with Gasteiger partial charge in [-0.05, 0) is 62.0 Å². The molecular weight excluding hydrogens is 467 g/mol. The van der Waals surface area contributed by atoms with Crippen molar-refractivity contribution < 1.29 is 14.0 Å². The van der Waals surface area contributed by atoms with E-state index < -0.39 is 5.82 Å². The first-order valence-corrected chi connectivity index (χ1v) is 12.0. The minimum absolute atomic E-state index is 0.206. The fraction of sp³-hybridized carbons (Fsp3) is 0.259. The first-order chi connectivity index (χ1) is 16.8. The number of H-pyrrole nitrogens is 1. The van der Waals surface area contributed by atoms with Gasteiger partial charge >= 0.3 is 0 Å². The molecule has 2 heterocycles. The molecule has 0 unspecified atom stereocenters. The van der Waals surface area contributed by atoms with E-state index in [0.717, 1.165) is 25.2 Å². The molecule has 6 nitrogen and oxygen atoms in total. The van der Waals surface area contributed by atoms with Gasteiger partial charge in [0.25, 0.3) is 11.8 Å². The number of carbonyl (C=O) groups excluding carboxylic acids is 2. The second kappa shape index (κ2) is 10.5. The van der Waals surface area contributed by atoms with Gasteiger partial charge in [0.05, 0.1) is 11.1 Å². The van der Waals surface area contributed by atoms with Gasteiger partial charge in [-0.25, -0.2) is 4.39 Å². The number of fused-ring (bicyclic) bond motifs is 1. The fourth-order valence-electron chi connectivity index (χ4n) is 4.36. The van der Waals surface area contributed by atoms with E-state index in [1.165, 1.54) is 18.2 Å². The van der Waals surface area contributed by atoms with Crippen LogP contribution in [0.5, 0.6) is 0 Å². The number of aromatic nitrogens is 1. The molecule has 3 aromatic rings. The number of nitrogens with one attached hydrogen (secondary N) is 3. The highest BCUT2D eigenvalue weighted by molar-refractivity contribution is 6.35. The van der Waals surface area contributed by atoms with Gasteiger partial charge in [-0.2, -0.15) is 0 Å². The predicted octanol–water partition coefficient (Wildman–Crippen LogP) is 5.35. The maximum atomic E-state index is 13.9. The van der Waals surface area contributed by atoms with Gasteiger partial charge < -0.3 is 20.5 Å². The van der Waals surface area contributed by atoms with Crippen molar-refractivity contribution in [2.45, 2.75) is 20.8 Å². The van der Waals surface area contributed by atoms with Crippen molar-refractivity contribution in [2.75, 3.05) is 31.5 Å². The molecule has 2 amide bonds. The SMILES string of the molecule is CCN(CC)CCNC(=O)c1c(C)[nH]c(C=C2C(=O)Nc3ccc(F)cc32)c1-c1ccc(Cl)cc1. The van der Waals surface area contributed by atoms with Gasteiger partial charge in [0, 0.05) is 46.3 Å². The predicted molar refractivity (Wildman–Crippen MR) is 139 cm³/mol. The third-order valence-corrected chi connectivity index (χ3v) is 6.49. The molecule has 0 atom stereocenters. The van der Waals surface area contributed by atoms with E-state index >= 15 is 0 Å². The molecule has 0 radical (unpaired) electrons. The lowest BCUT2D eigenvalue weighted by atomic mass is 9.97. The normalized spacial score (nSPS) is 13.9. The Morgan fingerprint density at radius 3 is 2.54 bits per heavy atom. The summed E-state index contributed by atoms with van der Waals surface area (Å²) in [4.78, 5) is 31.5. The van der Waals surface area contributed by atoms with Crippen LogP contribution in [0.25, 0.3) is 22.8 Å². The lowest BCUT2D eigenvalue weighted by Crippen LogP contribution is -2.35. The Kier molecular flexibility index (Phi) is 7.38. The van der Waals surface area contributed by atoms with Crippen LogP contribution in [0.2, 0.25) is 5.02 Å². The van der Waals surface area contributed by atoms with Crippen molar-refractivity contribution in [3.05, 3.63) is 75.8 Å². The molecule has 0 bridgehead atoms. The summed E-state index contributed by atoms with van der Waals surface area (Å²) in [6.45, 7) is 9.07. The molecule has 182 valence electrons. The minimum atomic E-state index is -0.431. The van der Waals surface area contributed by atoms with Gasteiger partial charge in [-0.15, -0.1) is 0 Å². The summed E-state index contributed by atoms with van der Waals surface area (Å²) in [6.07, 6.45) is 1.67. The molecular formula is C27H28ClFN4O2. The first-order valence-electron chi connectivity index (χ1n) is 11.6. The van der Waals surface area contributed by atoms with E-state index in [-0.39, 0.29) is 11.8 Å². The largest absolute Gasteiger partial charge is 0.358 e.